The van der Waals surface area contributed by atoms with Gasteiger partial charge in [-0.3, -0.25) is 14.9 Å². The van der Waals surface area contributed by atoms with Gasteiger partial charge in [0.2, 0.25) is 11.9 Å². The number of carbonyl (C=O) groups is 2. The minimum Gasteiger partial charge on any atom is -0.294 e. The summed E-state index contributed by atoms with van der Waals surface area (Å²) < 4.78 is 0. The molecule has 0 atom stereocenters. The molecule has 0 aliphatic carbocycles. The van der Waals surface area contributed by atoms with E-state index in [4.69, 9.17) is 0 Å². The summed E-state index contributed by atoms with van der Waals surface area (Å²) in [6, 6.07) is 10.3. The molecule has 0 aliphatic rings. The van der Waals surface area contributed by atoms with Crippen LogP contribution in [0.25, 0.3) is 0 Å². The van der Waals surface area contributed by atoms with Crippen molar-refractivity contribution in [3.63, 3.8) is 0 Å². The number of hydrogen-bond donors (Lipinski definition) is 1. The van der Waals surface area contributed by atoms with E-state index in [-0.39, 0.29) is 18.2 Å². The van der Waals surface area contributed by atoms with Gasteiger partial charge in [0.15, 0.2) is 5.78 Å². The molecule has 5 nitrogen and oxygen atoms in total. The summed E-state index contributed by atoms with van der Waals surface area (Å²) >= 11 is 0. The second-order valence-corrected chi connectivity index (χ2v) is 3.59. The molecule has 1 N–H and O–H groups in total. The molecule has 2 aromatic rings. The van der Waals surface area contributed by atoms with Crippen LogP contribution < -0.4 is 5.32 Å². The summed E-state index contributed by atoms with van der Waals surface area (Å²) in [4.78, 5) is 31.0. The molecule has 0 saturated heterocycles. The third kappa shape index (κ3) is 3.21. The van der Waals surface area contributed by atoms with Crippen LogP contribution in [0, 0.1) is 0 Å². The Hall–Kier alpha value is -2.56. The molecule has 0 spiro atoms. The summed E-state index contributed by atoms with van der Waals surface area (Å²) in [7, 11) is 0. The van der Waals surface area contributed by atoms with Crippen LogP contribution in [0.2, 0.25) is 0 Å². The van der Waals surface area contributed by atoms with E-state index in [2.05, 4.69) is 15.3 Å². The van der Waals surface area contributed by atoms with Gasteiger partial charge >= 0.3 is 0 Å². The first-order valence-electron chi connectivity index (χ1n) is 5.41. The molecule has 5 heteroatoms. The molecule has 0 radical (unpaired) electrons. The van der Waals surface area contributed by atoms with Crippen molar-refractivity contribution in [1.29, 1.82) is 0 Å². The molecule has 90 valence electrons. The molecule has 2 rings (SSSR count). The molecule has 1 amide bonds. The third-order valence-corrected chi connectivity index (χ3v) is 2.23. The lowest BCUT2D eigenvalue weighted by atomic mass is 10.1. The molecule has 18 heavy (non-hydrogen) atoms. The molecular weight excluding hydrogens is 230 g/mol. The van der Waals surface area contributed by atoms with Crippen LogP contribution in [-0.4, -0.2) is 21.7 Å². The summed E-state index contributed by atoms with van der Waals surface area (Å²) in [5.74, 6) is -0.456. The fourth-order valence-corrected chi connectivity index (χ4v) is 1.40. The van der Waals surface area contributed by atoms with Gasteiger partial charge in [-0.25, -0.2) is 9.97 Å². The number of anilines is 1. The van der Waals surface area contributed by atoms with Crippen LogP contribution in [0.4, 0.5) is 5.95 Å². The Balaban J connectivity index is 1.94. The van der Waals surface area contributed by atoms with Crippen LogP contribution in [0.15, 0.2) is 48.8 Å². The Morgan fingerprint density at radius 1 is 1.00 bits per heavy atom. The molecule has 0 bridgehead atoms. The summed E-state index contributed by atoms with van der Waals surface area (Å²) in [6.07, 6.45) is 2.81. The highest BCUT2D eigenvalue weighted by molar-refractivity contribution is 6.10. The van der Waals surface area contributed by atoms with Gasteiger partial charge in [-0.05, 0) is 6.07 Å². The lowest BCUT2D eigenvalue weighted by molar-refractivity contribution is -0.115. The first-order chi connectivity index (χ1) is 8.75. The van der Waals surface area contributed by atoms with Gasteiger partial charge in [-0.2, -0.15) is 0 Å². The maximum absolute atomic E-state index is 11.7. The van der Waals surface area contributed by atoms with E-state index in [1.165, 1.54) is 12.4 Å². The van der Waals surface area contributed by atoms with Crippen molar-refractivity contribution in [1.82, 2.24) is 9.97 Å². The quantitative estimate of drug-likeness (QED) is 0.653. The molecule has 1 aromatic heterocycles. The topological polar surface area (TPSA) is 72.0 Å². The Labute approximate surface area is 104 Å². The van der Waals surface area contributed by atoms with Gasteiger partial charge in [-0.15, -0.1) is 0 Å². The molecule has 0 unspecified atom stereocenters. The standard InChI is InChI=1S/C13H11N3O2/c17-11(10-5-2-1-3-6-10)9-12(18)16-13-14-7-4-8-15-13/h1-8H,9H2,(H,14,15,16,18). The second-order valence-electron chi connectivity index (χ2n) is 3.59. The maximum atomic E-state index is 11.7. The molecule has 0 saturated carbocycles. The molecular formula is C13H11N3O2. The number of rotatable bonds is 4. The number of carbonyl (C=O) groups excluding carboxylic acids is 2. The number of ketones is 1. The number of amides is 1. The smallest absolute Gasteiger partial charge is 0.234 e. The largest absolute Gasteiger partial charge is 0.294 e. The minimum absolute atomic E-state index is 0.198. The van der Waals surface area contributed by atoms with E-state index in [1.54, 1.807) is 30.3 Å². The van der Waals surface area contributed by atoms with E-state index in [1.807, 2.05) is 6.07 Å². The number of benzene rings is 1. The zero-order chi connectivity index (χ0) is 12.8. The van der Waals surface area contributed by atoms with E-state index in [0.717, 1.165) is 0 Å². The highest BCUT2D eigenvalue weighted by atomic mass is 16.2. The lowest BCUT2D eigenvalue weighted by Crippen LogP contribution is -2.17. The number of aromatic nitrogens is 2. The van der Waals surface area contributed by atoms with Crippen LogP contribution >= 0.6 is 0 Å². The van der Waals surface area contributed by atoms with E-state index in [9.17, 15) is 9.59 Å². The normalized spacial score (nSPS) is 9.78. The summed E-state index contributed by atoms with van der Waals surface area (Å²) in [6.45, 7) is 0. The molecule has 1 aromatic carbocycles. The Morgan fingerprint density at radius 2 is 1.67 bits per heavy atom. The Bertz CT molecular complexity index is 541. The fraction of sp³-hybridized carbons (Fsp3) is 0.0769. The van der Waals surface area contributed by atoms with Crippen molar-refractivity contribution >= 4 is 17.6 Å². The molecule has 0 aliphatic heterocycles. The molecule has 0 fully saturated rings. The number of nitrogens with zero attached hydrogens (tertiary/aromatic N) is 2. The second kappa shape index (κ2) is 5.67. The summed E-state index contributed by atoms with van der Waals surface area (Å²) in [5.41, 5.74) is 0.515. The summed E-state index contributed by atoms with van der Waals surface area (Å²) in [5, 5.41) is 2.46. The van der Waals surface area contributed by atoms with Crippen molar-refractivity contribution in [2.75, 3.05) is 5.32 Å². The Morgan fingerprint density at radius 3 is 2.33 bits per heavy atom. The first kappa shape index (κ1) is 11.9. The van der Waals surface area contributed by atoms with Crippen LogP contribution in [0.1, 0.15) is 16.8 Å². The highest BCUT2D eigenvalue weighted by Gasteiger charge is 2.12. The maximum Gasteiger partial charge on any atom is 0.234 e. The van der Waals surface area contributed by atoms with Crippen LogP contribution in [-0.2, 0) is 4.79 Å². The number of nitrogens with one attached hydrogen (secondary N) is 1. The number of Topliss-reactive ketones (excluding diaryl/α,β-unsaturated/α-hetero) is 1. The third-order valence-electron chi connectivity index (χ3n) is 2.23. The van der Waals surface area contributed by atoms with Crippen molar-refractivity contribution in [2.45, 2.75) is 6.42 Å². The number of hydrogen-bond acceptors (Lipinski definition) is 4. The van der Waals surface area contributed by atoms with Crippen LogP contribution in [0.5, 0.6) is 0 Å². The zero-order valence-electron chi connectivity index (χ0n) is 9.54. The lowest BCUT2D eigenvalue weighted by Gasteiger charge is -2.02. The zero-order valence-corrected chi connectivity index (χ0v) is 9.54. The van der Waals surface area contributed by atoms with Crippen LogP contribution in [0.3, 0.4) is 0 Å². The molecule has 1 heterocycles. The highest BCUT2D eigenvalue weighted by Crippen LogP contribution is 2.04. The van der Waals surface area contributed by atoms with Crippen molar-refractivity contribution in [3.05, 3.63) is 54.4 Å². The van der Waals surface area contributed by atoms with E-state index >= 15 is 0 Å². The SMILES string of the molecule is O=C(CC(=O)c1ccccc1)Nc1ncccn1. The first-order valence-corrected chi connectivity index (χ1v) is 5.41. The van der Waals surface area contributed by atoms with E-state index in [0.29, 0.717) is 5.56 Å². The van der Waals surface area contributed by atoms with Gasteiger partial charge in [-0.1, -0.05) is 30.3 Å². The van der Waals surface area contributed by atoms with Gasteiger partial charge in [0.25, 0.3) is 0 Å². The Kier molecular flexibility index (Phi) is 3.76. The van der Waals surface area contributed by atoms with Gasteiger partial charge < -0.3 is 0 Å². The average molecular weight is 241 g/mol. The fourth-order valence-electron chi connectivity index (χ4n) is 1.40. The monoisotopic (exact) mass is 241 g/mol. The minimum atomic E-state index is -0.421. The average Bonchev–Trinajstić information content (AvgIpc) is 2.40. The van der Waals surface area contributed by atoms with Gasteiger partial charge in [0.05, 0.1) is 6.42 Å². The van der Waals surface area contributed by atoms with Crippen molar-refractivity contribution in [2.24, 2.45) is 0 Å². The predicted octanol–water partition coefficient (Wildman–Crippen LogP) is 1.69. The van der Waals surface area contributed by atoms with Crippen molar-refractivity contribution < 1.29 is 9.59 Å². The van der Waals surface area contributed by atoms with E-state index < -0.39 is 5.91 Å². The van der Waals surface area contributed by atoms with Crippen molar-refractivity contribution in [3.8, 4) is 0 Å². The van der Waals surface area contributed by atoms with Gasteiger partial charge in [0.1, 0.15) is 0 Å². The predicted molar refractivity (Wildman–Crippen MR) is 66.1 cm³/mol. The van der Waals surface area contributed by atoms with Gasteiger partial charge in [0, 0.05) is 18.0 Å².